The molecule has 0 bridgehead atoms. The van der Waals surface area contributed by atoms with Crippen LogP contribution in [0.1, 0.15) is 25.3 Å². The number of carbonyl (C=O) groups is 2. The van der Waals surface area contributed by atoms with E-state index in [0.717, 1.165) is 63.4 Å². The van der Waals surface area contributed by atoms with Crippen LogP contribution >= 0.6 is 0 Å². The van der Waals surface area contributed by atoms with Crippen LogP contribution in [0.3, 0.4) is 0 Å². The lowest BCUT2D eigenvalue weighted by Crippen LogP contribution is -2.55. The van der Waals surface area contributed by atoms with Gasteiger partial charge in [0.25, 0.3) is 0 Å². The maximum absolute atomic E-state index is 12.5. The second kappa shape index (κ2) is 9.08. The fourth-order valence-electron chi connectivity index (χ4n) is 3.84. The van der Waals surface area contributed by atoms with E-state index in [2.05, 4.69) is 10.2 Å². The number of ether oxygens (including phenoxy) is 1. The highest BCUT2D eigenvalue weighted by Gasteiger charge is 2.30. The van der Waals surface area contributed by atoms with Crippen LogP contribution in [0.25, 0.3) is 0 Å². The van der Waals surface area contributed by atoms with E-state index in [1.54, 1.807) is 4.90 Å². The lowest BCUT2D eigenvalue weighted by atomic mass is 10.0. The molecule has 2 fully saturated rings. The Bertz CT molecular complexity index is 650. The van der Waals surface area contributed by atoms with Crippen molar-refractivity contribution in [2.75, 3.05) is 51.2 Å². The minimum absolute atomic E-state index is 0.0302. The van der Waals surface area contributed by atoms with Gasteiger partial charge in [0.05, 0.1) is 6.61 Å². The van der Waals surface area contributed by atoms with Crippen molar-refractivity contribution in [2.24, 2.45) is 0 Å². The van der Waals surface area contributed by atoms with Crippen molar-refractivity contribution in [3.8, 4) is 0 Å². The first-order valence-corrected chi connectivity index (χ1v) is 9.85. The molecule has 1 aromatic carbocycles. The van der Waals surface area contributed by atoms with Crippen molar-refractivity contribution < 1.29 is 14.3 Å². The normalized spacial score (nSPS) is 19.0. The van der Waals surface area contributed by atoms with E-state index in [4.69, 9.17) is 4.74 Å². The standard InChI is InChI=1S/C20H30N4O3/c1-3-27-20(26)24-9-7-18(8-10-24)22-11-13-23(14-12-22)19(25)21-17-6-4-5-16(2)15-17/h4-6,15,18H,3,7-14H2,1-2H3,(H,21,25). The van der Waals surface area contributed by atoms with E-state index in [9.17, 15) is 9.59 Å². The number of rotatable bonds is 3. The summed E-state index contributed by atoms with van der Waals surface area (Å²) < 4.78 is 5.08. The number of hydrogen-bond donors (Lipinski definition) is 1. The lowest BCUT2D eigenvalue weighted by Gasteiger charge is -2.42. The Morgan fingerprint density at radius 3 is 2.41 bits per heavy atom. The number of likely N-dealkylation sites (tertiary alicyclic amines) is 1. The summed E-state index contributed by atoms with van der Waals surface area (Å²) in [5.74, 6) is 0. The number of piperazine rings is 1. The van der Waals surface area contributed by atoms with E-state index >= 15 is 0 Å². The first-order valence-electron chi connectivity index (χ1n) is 9.85. The molecule has 1 aromatic rings. The van der Waals surface area contributed by atoms with Crippen molar-refractivity contribution in [3.63, 3.8) is 0 Å². The van der Waals surface area contributed by atoms with E-state index in [-0.39, 0.29) is 12.1 Å². The SMILES string of the molecule is CCOC(=O)N1CCC(N2CCN(C(=O)Nc3cccc(C)c3)CC2)CC1. The third kappa shape index (κ3) is 5.13. The Balaban J connectivity index is 1.42. The number of nitrogens with one attached hydrogen (secondary N) is 1. The molecule has 27 heavy (non-hydrogen) atoms. The minimum atomic E-state index is -0.200. The maximum atomic E-state index is 12.5. The van der Waals surface area contributed by atoms with Crippen molar-refractivity contribution in [2.45, 2.75) is 32.7 Å². The molecule has 2 heterocycles. The lowest BCUT2D eigenvalue weighted by molar-refractivity contribution is 0.0581. The third-order valence-corrected chi connectivity index (χ3v) is 5.38. The van der Waals surface area contributed by atoms with E-state index < -0.39 is 0 Å². The predicted molar refractivity (Wildman–Crippen MR) is 105 cm³/mol. The zero-order chi connectivity index (χ0) is 19.2. The summed E-state index contributed by atoms with van der Waals surface area (Å²) in [7, 11) is 0. The summed E-state index contributed by atoms with van der Waals surface area (Å²) in [6, 6.07) is 8.31. The van der Waals surface area contributed by atoms with Gasteiger partial charge in [0.15, 0.2) is 0 Å². The van der Waals surface area contributed by atoms with Crippen molar-refractivity contribution >= 4 is 17.8 Å². The van der Waals surface area contributed by atoms with Crippen LogP contribution in [0.15, 0.2) is 24.3 Å². The molecule has 2 saturated heterocycles. The molecule has 0 atom stereocenters. The second-order valence-electron chi connectivity index (χ2n) is 7.24. The van der Waals surface area contributed by atoms with Crippen LogP contribution in [-0.4, -0.2) is 78.7 Å². The summed E-state index contributed by atoms with van der Waals surface area (Å²) in [4.78, 5) is 30.4. The van der Waals surface area contributed by atoms with Crippen LogP contribution in [0, 0.1) is 6.92 Å². The predicted octanol–water partition coefficient (Wildman–Crippen LogP) is 2.77. The van der Waals surface area contributed by atoms with Crippen LogP contribution < -0.4 is 5.32 Å². The first kappa shape index (κ1) is 19.5. The quantitative estimate of drug-likeness (QED) is 0.884. The van der Waals surface area contributed by atoms with E-state index in [1.165, 1.54) is 0 Å². The molecule has 7 nitrogen and oxygen atoms in total. The van der Waals surface area contributed by atoms with E-state index in [0.29, 0.717) is 12.6 Å². The summed E-state index contributed by atoms with van der Waals surface area (Å²) in [5.41, 5.74) is 1.97. The van der Waals surface area contributed by atoms with Gasteiger partial charge in [0.2, 0.25) is 0 Å². The Labute approximate surface area is 161 Å². The average Bonchev–Trinajstić information content (AvgIpc) is 2.68. The van der Waals surface area contributed by atoms with Gasteiger partial charge in [-0.15, -0.1) is 0 Å². The van der Waals surface area contributed by atoms with Crippen LogP contribution in [0.2, 0.25) is 0 Å². The Kier molecular flexibility index (Phi) is 6.55. The molecule has 0 aliphatic carbocycles. The first-order chi connectivity index (χ1) is 13.1. The molecule has 0 radical (unpaired) electrons. The van der Waals surface area contributed by atoms with Gasteiger partial charge in [0.1, 0.15) is 0 Å². The molecule has 0 spiro atoms. The summed E-state index contributed by atoms with van der Waals surface area (Å²) in [6.07, 6.45) is 1.73. The molecule has 0 saturated carbocycles. The molecule has 7 heteroatoms. The van der Waals surface area contributed by atoms with Gasteiger partial charge in [-0.3, -0.25) is 4.90 Å². The van der Waals surface area contributed by atoms with Crippen LogP contribution in [0.5, 0.6) is 0 Å². The maximum Gasteiger partial charge on any atom is 0.409 e. The van der Waals surface area contributed by atoms with Gasteiger partial charge in [0, 0.05) is 51.0 Å². The number of hydrogen-bond acceptors (Lipinski definition) is 4. The van der Waals surface area contributed by atoms with Crippen molar-refractivity contribution in [1.29, 1.82) is 0 Å². The van der Waals surface area contributed by atoms with Gasteiger partial charge in [-0.05, 0) is 44.4 Å². The molecule has 1 N–H and O–H groups in total. The van der Waals surface area contributed by atoms with Crippen LogP contribution in [-0.2, 0) is 4.74 Å². The van der Waals surface area contributed by atoms with Gasteiger partial charge < -0.3 is 19.9 Å². The molecule has 0 aromatic heterocycles. The van der Waals surface area contributed by atoms with Gasteiger partial charge in [-0.25, -0.2) is 9.59 Å². The molecule has 2 aliphatic heterocycles. The van der Waals surface area contributed by atoms with Crippen LogP contribution in [0.4, 0.5) is 15.3 Å². The number of carbonyl (C=O) groups excluding carboxylic acids is 2. The molecule has 148 valence electrons. The number of aryl methyl sites for hydroxylation is 1. The fourth-order valence-corrected chi connectivity index (χ4v) is 3.84. The fraction of sp³-hybridized carbons (Fsp3) is 0.600. The molecular formula is C20H30N4O3. The highest BCUT2D eigenvalue weighted by atomic mass is 16.6. The van der Waals surface area contributed by atoms with Crippen molar-refractivity contribution in [1.82, 2.24) is 14.7 Å². The smallest absolute Gasteiger partial charge is 0.409 e. The summed E-state index contributed by atoms with van der Waals surface area (Å²) in [5, 5.41) is 2.99. The highest BCUT2D eigenvalue weighted by Crippen LogP contribution is 2.19. The second-order valence-corrected chi connectivity index (χ2v) is 7.24. The van der Waals surface area contributed by atoms with E-state index in [1.807, 2.05) is 43.0 Å². The Hall–Kier alpha value is -2.28. The Morgan fingerprint density at radius 2 is 1.78 bits per heavy atom. The number of urea groups is 1. The average molecular weight is 374 g/mol. The summed E-state index contributed by atoms with van der Waals surface area (Å²) >= 11 is 0. The number of piperidine rings is 1. The van der Waals surface area contributed by atoms with Gasteiger partial charge >= 0.3 is 12.1 Å². The Morgan fingerprint density at radius 1 is 1.07 bits per heavy atom. The van der Waals surface area contributed by atoms with Gasteiger partial charge in [-0.1, -0.05) is 12.1 Å². The molecule has 2 aliphatic rings. The number of nitrogens with zero attached hydrogens (tertiary/aromatic N) is 3. The molecule has 3 amide bonds. The largest absolute Gasteiger partial charge is 0.450 e. The molecule has 3 rings (SSSR count). The van der Waals surface area contributed by atoms with Gasteiger partial charge in [-0.2, -0.15) is 0 Å². The number of amides is 3. The molecular weight excluding hydrogens is 344 g/mol. The highest BCUT2D eigenvalue weighted by molar-refractivity contribution is 5.89. The third-order valence-electron chi connectivity index (χ3n) is 5.38. The number of benzene rings is 1. The summed E-state index contributed by atoms with van der Waals surface area (Å²) in [6.45, 7) is 8.99. The number of anilines is 1. The topological polar surface area (TPSA) is 65.1 Å². The zero-order valence-electron chi connectivity index (χ0n) is 16.3. The minimum Gasteiger partial charge on any atom is -0.450 e. The zero-order valence-corrected chi connectivity index (χ0v) is 16.3. The molecule has 0 unspecified atom stereocenters. The van der Waals surface area contributed by atoms with Crippen molar-refractivity contribution in [3.05, 3.63) is 29.8 Å². The monoisotopic (exact) mass is 374 g/mol.